The van der Waals surface area contributed by atoms with Crippen LogP contribution in [0.15, 0.2) is 32.8 Å². The number of hydrogen-bond donors (Lipinski definition) is 0. The fourth-order valence-corrected chi connectivity index (χ4v) is 3.67. The molecule has 0 saturated heterocycles. The Morgan fingerprint density at radius 1 is 1.35 bits per heavy atom. The summed E-state index contributed by atoms with van der Waals surface area (Å²) in [7, 11) is 0. The van der Waals surface area contributed by atoms with Crippen LogP contribution in [0, 0.1) is 22.5 Å². The predicted molar refractivity (Wildman–Crippen MR) is 98.8 cm³/mol. The number of hydrogen-bond acceptors (Lipinski definition) is 8. The third-order valence-corrected chi connectivity index (χ3v) is 5.49. The highest BCUT2D eigenvalue weighted by atomic mass is 32.2. The van der Waals surface area contributed by atoms with Crippen LogP contribution in [0.4, 0.5) is 5.69 Å². The molecule has 0 aliphatic heterocycles. The fraction of sp³-hybridized carbons (Fsp3) is 0.353. The fourth-order valence-electron chi connectivity index (χ4n) is 1.78. The first-order chi connectivity index (χ1) is 12.1. The maximum atomic E-state index is 12.4. The molecule has 0 atom stereocenters. The Balaban J connectivity index is 2.27. The molecule has 7 nitrogen and oxygen atoms in total. The van der Waals surface area contributed by atoms with Gasteiger partial charge in [-0.25, -0.2) is 9.78 Å². The van der Waals surface area contributed by atoms with Crippen molar-refractivity contribution in [3.8, 4) is 0 Å². The Kier molecular flexibility index (Phi) is 6.14. The van der Waals surface area contributed by atoms with Crippen molar-refractivity contribution in [1.82, 2.24) is 4.98 Å². The van der Waals surface area contributed by atoms with E-state index in [0.29, 0.717) is 9.24 Å². The number of ether oxygens (including phenoxy) is 1. The first-order valence-electron chi connectivity index (χ1n) is 7.67. The van der Waals surface area contributed by atoms with Gasteiger partial charge in [-0.15, -0.1) is 11.3 Å². The number of carbonyl (C=O) groups is 2. The van der Waals surface area contributed by atoms with Crippen molar-refractivity contribution in [2.24, 2.45) is 5.41 Å². The first kappa shape index (κ1) is 20.1. The lowest BCUT2D eigenvalue weighted by Crippen LogP contribution is -2.26. The number of nitrogens with zero attached hydrogens (tertiary/aromatic N) is 2. The number of benzene rings is 1. The molecule has 0 bridgehead atoms. The minimum absolute atomic E-state index is 0.0405. The molecule has 0 fully saturated rings. The monoisotopic (exact) mass is 394 g/mol. The number of esters is 1. The lowest BCUT2D eigenvalue weighted by atomic mass is 9.91. The van der Waals surface area contributed by atoms with Crippen LogP contribution in [-0.4, -0.2) is 28.3 Å². The quantitative estimate of drug-likeness (QED) is 0.409. The van der Waals surface area contributed by atoms with Crippen molar-refractivity contribution in [3.05, 3.63) is 45.0 Å². The van der Waals surface area contributed by atoms with Crippen molar-refractivity contribution in [2.75, 3.05) is 6.61 Å². The minimum atomic E-state index is -0.776. The molecule has 26 heavy (non-hydrogen) atoms. The van der Waals surface area contributed by atoms with E-state index in [0.717, 1.165) is 11.8 Å². The summed E-state index contributed by atoms with van der Waals surface area (Å²) in [6.07, 6.45) is 0. The van der Waals surface area contributed by atoms with Gasteiger partial charge in [-0.2, -0.15) is 0 Å². The number of nitro groups is 1. The Morgan fingerprint density at radius 2 is 2.04 bits per heavy atom. The van der Waals surface area contributed by atoms with E-state index in [2.05, 4.69) is 4.98 Å². The molecule has 0 spiro atoms. The van der Waals surface area contributed by atoms with Gasteiger partial charge in [-0.05, 0) is 13.0 Å². The van der Waals surface area contributed by atoms with E-state index < -0.39 is 16.3 Å². The Labute approximate surface area is 158 Å². The van der Waals surface area contributed by atoms with Crippen molar-refractivity contribution >= 4 is 40.5 Å². The SMILES string of the molecule is Cc1csc(Sc2ccc([N+](=O)[O-])cc2C(=O)OCC(=O)C(C)(C)C)n1. The lowest BCUT2D eigenvalue weighted by Gasteiger charge is -2.16. The van der Waals surface area contributed by atoms with Crippen molar-refractivity contribution in [3.63, 3.8) is 0 Å². The smallest absolute Gasteiger partial charge is 0.339 e. The molecule has 0 amide bonds. The Morgan fingerprint density at radius 3 is 2.58 bits per heavy atom. The predicted octanol–water partition coefficient (Wildman–Crippen LogP) is 4.28. The number of aromatic nitrogens is 1. The molecule has 0 radical (unpaired) electrons. The highest BCUT2D eigenvalue weighted by Crippen LogP contribution is 2.34. The average molecular weight is 394 g/mol. The summed E-state index contributed by atoms with van der Waals surface area (Å²) in [4.78, 5) is 39.6. The van der Waals surface area contributed by atoms with E-state index in [-0.39, 0.29) is 23.6 Å². The zero-order chi connectivity index (χ0) is 19.5. The zero-order valence-corrected chi connectivity index (χ0v) is 16.4. The van der Waals surface area contributed by atoms with Crippen molar-refractivity contribution < 1.29 is 19.2 Å². The van der Waals surface area contributed by atoms with Crippen LogP contribution >= 0.6 is 23.1 Å². The van der Waals surface area contributed by atoms with Crippen LogP contribution in [0.25, 0.3) is 0 Å². The molecule has 138 valence electrons. The number of Topliss-reactive ketones (excluding diaryl/α,β-unsaturated/α-hetero) is 1. The highest BCUT2D eigenvalue weighted by molar-refractivity contribution is 8.01. The van der Waals surface area contributed by atoms with Gasteiger partial charge < -0.3 is 4.74 Å². The lowest BCUT2D eigenvalue weighted by molar-refractivity contribution is -0.384. The van der Waals surface area contributed by atoms with E-state index in [9.17, 15) is 19.7 Å². The number of aryl methyl sites for hydroxylation is 1. The van der Waals surface area contributed by atoms with Gasteiger partial charge in [0.25, 0.3) is 5.69 Å². The summed E-state index contributed by atoms with van der Waals surface area (Å²) < 4.78 is 5.80. The standard InChI is InChI=1S/C17H18N2O5S2/c1-10-9-25-16(18-10)26-13-6-5-11(19(22)23)7-12(13)15(21)24-8-14(20)17(2,3)4/h5-7,9H,8H2,1-4H3. The molecule has 0 N–H and O–H groups in total. The zero-order valence-electron chi connectivity index (χ0n) is 14.8. The average Bonchev–Trinajstić information content (AvgIpc) is 2.96. The van der Waals surface area contributed by atoms with Gasteiger partial charge in [-0.3, -0.25) is 14.9 Å². The van der Waals surface area contributed by atoms with E-state index in [4.69, 9.17) is 4.74 Å². The number of ketones is 1. The summed E-state index contributed by atoms with van der Waals surface area (Å²) in [5, 5.41) is 12.9. The summed E-state index contributed by atoms with van der Waals surface area (Å²) >= 11 is 2.63. The second kappa shape index (κ2) is 7.96. The van der Waals surface area contributed by atoms with Crippen LogP contribution < -0.4 is 0 Å². The van der Waals surface area contributed by atoms with E-state index in [1.165, 1.54) is 35.2 Å². The largest absolute Gasteiger partial charge is 0.454 e. The summed E-state index contributed by atoms with van der Waals surface area (Å²) in [6.45, 7) is 6.64. The van der Waals surface area contributed by atoms with Gasteiger partial charge >= 0.3 is 5.97 Å². The number of nitro benzene ring substituents is 1. The maximum absolute atomic E-state index is 12.4. The topological polar surface area (TPSA) is 99.4 Å². The second-order valence-corrected chi connectivity index (χ2v) is 8.69. The first-order valence-corrected chi connectivity index (χ1v) is 9.36. The van der Waals surface area contributed by atoms with Gasteiger partial charge in [0.15, 0.2) is 16.7 Å². The van der Waals surface area contributed by atoms with Gasteiger partial charge in [0.1, 0.15) is 0 Å². The molecule has 0 aliphatic carbocycles. The molecular weight excluding hydrogens is 376 g/mol. The van der Waals surface area contributed by atoms with Crippen LogP contribution in [0.1, 0.15) is 36.8 Å². The molecule has 2 rings (SSSR count). The van der Waals surface area contributed by atoms with Crippen LogP contribution in [-0.2, 0) is 9.53 Å². The molecule has 0 unspecified atom stereocenters. The molecule has 1 aromatic heterocycles. The number of rotatable bonds is 6. The maximum Gasteiger partial charge on any atom is 0.339 e. The van der Waals surface area contributed by atoms with Gasteiger partial charge in [-0.1, -0.05) is 32.5 Å². The molecule has 1 aromatic carbocycles. The number of thiazole rings is 1. The van der Waals surface area contributed by atoms with Crippen LogP contribution in [0.2, 0.25) is 0 Å². The Hall–Kier alpha value is -2.26. The van der Waals surface area contributed by atoms with Crippen molar-refractivity contribution in [1.29, 1.82) is 0 Å². The van der Waals surface area contributed by atoms with E-state index in [1.807, 2.05) is 12.3 Å². The third kappa shape index (κ3) is 5.12. The van der Waals surface area contributed by atoms with E-state index in [1.54, 1.807) is 20.8 Å². The van der Waals surface area contributed by atoms with E-state index >= 15 is 0 Å². The second-order valence-electron chi connectivity index (χ2n) is 6.54. The molecular formula is C17H18N2O5S2. The molecule has 0 saturated carbocycles. The third-order valence-electron chi connectivity index (χ3n) is 3.36. The van der Waals surface area contributed by atoms with Crippen molar-refractivity contribution in [2.45, 2.75) is 36.9 Å². The molecule has 1 heterocycles. The summed E-state index contributed by atoms with van der Waals surface area (Å²) in [6, 6.07) is 3.97. The van der Waals surface area contributed by atoms with Gasteiger partial charge in [0, 0.05) is 33.5 Å². The van der Waals surface area contributed by atoms with Crippen LogP contribution in [0.5, 0.6) is 0 Å². The molecule has 2 aromatic rings. The minimum Gasteiger partial charge on any atom is -0.454 e. The summed E-state index contributed by atoms with van der Waals surface area (Å²) in [5.74, 6) is -1.01. The summed E-state index contributed by atoms with van der Waals surface area (Å²) in [5.41, 5.74) is 0.0238. The number of carbonyl (C=O) groups excluding carboxylic acids is 2. The highest BCUT2D eigenvalue weighted by Gasteiger charge is 2.25. The molecule has 0 aliphatic rings. The van der Waals surface area contributed by atoms with Crippen LogP contribution in [0.3, 0.4) is 0 Å². The number of non-ortho nitro benzene ring substituents is 1. The molecule has 9 heteroatoms. The normalized spacial score (nSPS) is 11.2. The van der Waals surface area contributed by atoms with Gasteiger partial charge in [0.2, 0.25) is 0 Å². The van der Waals surface area contributed by atoms with Gasteiger partial charge in [0.05, 0.1) is 10.5 Å². The Bertz CT molecular complexity index is 855.